The van der Waals surface area contributed by atoms with Crippen LogP contribution in [0.3, 0.4) is 0 Å². The Morgan fingerprint density at radius 1 is 1.45 bits per heavy atom. The van der Waals surface area contributed by atoms with E-state index in [1.54, 1.807) is 31.6 Å². The molecular weight excluding hydrogens is 256 g/mol. The fourth-order valence-corrected chi connectivity index (χ4v) is 3.21. The Hall–Kier alpha value is -1.46. The predicted molar refractivity (Wildman–Crippen MR) is 73.4 cm³/mol. The molecule has 0 bridgehead atoms. The fourth-order valence-electron chi connectivity index (χ4n) is 3.21. The Morgan fingerprint density at radius 2 is 2.25 bits per heavy atom. The summed E-state index contributed by atoms with van der Waals surface area (Å²) in [5.74, 6) is 1.04. The highest BCUT2D eigenvalue weighted by atomic mass is 16.5. The first kappa shape index (κ1) is 13.5. The monoisotopic (exact) mass is 276 g/mol. The first-order valence-electron chi connectivity index (χ1n) is 7.09. The highest BCUT2D eigenvalue weighted by Gasteiger charge is 2.44. The molecule has 3 heterocycles. The lowest BCUT2D eigenvalue weighted by atomic mass is 9.91. The van der Waals surface area contributed by atoms with Crippen LogP contribution in [0.15, 0.2) is 24.5 Å². The minimum absolute atomic E-state index is 0.0795. The van der Waals surface area contributed by atoms with Crippen molar-refractivity contribution in [3.8, 4) is 0 Å². The quantitative estimate of drug-likeness (QED) is 0.829. The van der Waals surface area contributed by atoms with Crippen molar-refractivity contribution >= 4 is 5.91 Å². The van der Waals surface area contributed by atoms with E-state index in [-0.39, 0.29) is 12.0 Å². The number of hydrogen-bond acceptors (Lipinski definition) is 4. The molecule has 1 aromatic rings. The molecule has 1 amide bonds. The number of carbonyl (C=O) groups is 1. The molecule has 108 valence electrons. The second-order valence-corrected chi connectivity index (χ2v) is 5.52. The number of rotatable bonds is 4. The first-order valence-corrected chi connectivity index (χ1v) is 7.09. The number of pyridine rings is 1. The van der Waals surface area contributed by atoms with Crippen LogP contribution in [0.5, 0.6) is 0 Å². The van der Waals surface area contributed by atoms with Gasteiger partial charge in [-0.2, -0.15) is 0 Å². The lowest BCUT2D eigenvalue weighted by molar-refractivity contribution is 0.0666. The minimum Gasteiger partial charge on any atom is -0.385 e. The Morgan fingerprint density at radius 3 is 3.00 bits per heavy atom. The molecule has 3 atom stereocenters. The highest BCUT2D eigenvalue weighted by Crippen LogP contribution is 2.35. The second kappa shape index (κ2) is 5.89. The molecule has 2 saturated heterocycles. The third-order valence-electron chi connectivity index (χ3n) is 4.35. The topological polar surface area (TPSA) is 51.7 Å². The molecule has 2 aliphatic heterocycles. The number of ether oxygens (including phenoxy) is 2. The van der Waals surface area contributed by atoms with Gasteiger partial charge in [-0.1, -0.05) is 0 Å². The number of hydrogen-bond donors (Lipinski definition) is 0. The van der Waals surface area contributed by atoms with Crippen molar-refractivity contribution in [3.05, 3.63) is 30.1 Å². The van der Waals surface area contributed by atoms with Crippen LogP contribution in [-0.2, 0) is 9.47 Å². The van der Waals surface area contributed by atoms with E-state index in [2.05, 4.69) is 4.98 Å². The minimum atomic E-state index is 0.0795. The Labute approximate surface area is 118 Å². The van der Waals surface area contributed by atoms with Crippen LogP contribution in [0.1, 0.15) is 16.8 Å². The smallest absolute Gasteiger partial charge is 0.254 e. The van der Waals surface area contributed by atoms with Crippen molar-refractivity contribution in [1.82, 2.24) is 9.88 Å². The summed E-state index contributed by atoms with van der Waals surface area (Å²) in [6.45, 7) is 3.06. The maximum Gasteiger partial charge on any atom is 0.254 e. The van der Waals surface area contributed by atoms with Crippen molar-refractivity contribution in [2.24, 2.45) is 11.8 Å². The van der Waals surface area contributed by atoms with Gasteiger partial charge in [0.25, 0.3) is 5.91 Å². The molecule has 0 saturated carbocycles. The number of amides is 1. The van der Waals surface area contributed by atoms with Crippen LogP contribution >= 0.6 is 0 Å². The zero-order chi connectivity index (χ0) is 13.9. The van der Waals surface area contributed by atoms with Crippen LogP contribution < -0.4 is 0 Å². The van der Waals surface area contributed by atoms with Crippen molar-refractivity contribution in [2.75, 3.05) is 33.4 Å². The van der Waals surface area contributed by atoms with Crippen LogP contribution in [0.25, 0.3) is 0 Å². The van der Waals surface area contributed by atoms with Gasteiger partial charge in [0.1, 0.15) is 0 Å². The largest absolute Gasteiger partial charge is 0.385 e. The van der Waals surface area contributed by atoms with Gasteiger partial charge in [0.05, 0.1) is 12.7 Å². The number of methoxy groups -OCH3 is 1. The van der Waals surface area contributed by atoms with E-state index in [4.69, 9.17) is 9.47 Å². The summed E-state index contributed by atoms with van der Waals surface area (Å²) < 4.78 is 11.0. The summed E-state index contributed by atoms with van der Waals surface area (Å²) in [5.41, 5.74) is 0.702. The van der Waals surface area contributed by atoms with Gasteiger partial charge < -0.3 is 14.4 Å². The molecule has 0 N–H and O–H groups in total. The van der Waals surface area contributed by atoms with Gasteiger partial charge in [0.2, 0.25) is 0 Å². The van der Waals surface area contributed by atoms with Crippen LogP contribution in [0.4, 0.5) is 0 Å². The zero-order valence-corrected chi connectivity index (χ0v) is 11.7. The SMILES string of the molecule is COCC[C@@H]1CO[C@@H]2CN(C(=O)c3ccncc3)C[C@H]12. The molecule has 2 aliphatic rings. The highest BCUT2D eigenvalue weighted by molar-refractivity contribution is 5.94. The summed E-state index contributed by atoms with van der Waals surface area (Å²) in [7, 11) is 1.72. The van der Waals surface area contributed by atoms with E-state index in [1.807, 2.05) is 4.90 Å². The molecule has 3 rings (SSSR count). The average Bonchev–Trinajstić information content (AvgIpc) is 3.06. The second-order valence-electron chi connectivity index (χ2n) is 5.52. The maximum atomic E-state index is 12.4. The molecule has 0 radical (unpaired) electrons. The molecule has 20 heavy (non-hydrogen) atoms. The van der Waals surface area contributed by atoms with Gasteiger partial charge in [-0.15, -0.1) is 0 Å². The van der Waals surface area contributed by atoms with Crippen molar-refractivity contribution in [3.63, 3.8) is 0 Å². The van der Waals surface area contributed by atoms with Gasteiger partial charge in [-0.3, -0.25) is 9.78 Å². The zero-order valence-electron chi connectivity index (χ0n) is 11.7. The summed E-state index contributed by atoms with van der Waals surface area (Å²) in [6.07, 6.45) is 4.52. The molecule has 0 aliphatic carbocycles. The number of likely N-dealkylation sites (tertiary alicyclic amines) is 1. The number of fused-ring (bicyclic) bond motifs is 1. The predicted octanol–water partition coefficient (Wildman–Crippen LogP) is 1.21. The van der Waals surface area contributed by atoms with Gasteiger partial charge in [0, 0.05) is 50.7 Å². The van der Waals surface area contributed by atoms with E-state index < -0.39 is 0 Å². The van der Waals surface area contributed by atoms with E-state index in [0.717, 1.165) is 26.2 Å². The van der Waals surface area contributed by atoms with E-state index in [1.165, 1.54) is 0 Å². The third-order valence-corrected chi connectivity index (χ3v) is 4.35. The molecule has 0 aromatic carbocycles. The molecular formula is C15H20N2O3. The Balaban J connectivity index is 1.64. The molecule has 5 heteroatoms. The summed E-state index contributed by atoms with van der Waals surface area (Å²) in [4.78, 5) is 18.3. The maximum absolute atomic E-state index is 12.4. The van der Waals surface area contributed by atoms with Gasteiger partial charge in [-0.25, -0.2) is 0 Å². The Kier molecular flexibility index (Phi) is 3.98. The van der Waals surface area contributed by atoms with Gasteiger partial charge in [0.15, 0.2) is 0 Å². The van der Waals surface area contributed by atoms with Crippen LogP contribution in [0.2, 0.25) is 0 Å². The molecule has 1 aromatic heterocycles. The van der Waals surface area contributed by atoms with Crippen molar-refractivity contribution < 1.29 is 14.3 Å². The fraction of sp³-hybridized carbons (Fsp3) is 0.600. The van der Waals surface area contributed by atoms with Crippen molar-refractivity contribution in [1.29, 1.82) is 0 Å². The Bertz CT molecular complexity index is 465. The molecule has 2 fully saturated rings. The van der Waals surface area contributed by atoms with E-state index in [9.17, 15) is 4.79 Å². The van der Waals surface area contributed by atoms with Crippen LogP contribution in [0, 0.1) is 11.8 Å². The molecule has 0 spiro atoms. The normalized spacial score (nSPS) is 28.6. The molecule has 5 nitrogen and oxygen atoms in total. The number of nitrogens with zero attached hydrogens (tertiary/aromatic N) is 2. The standard InChI is InChI=1S/C15H20N2O3/c1-19-7-4-12-10-20-14-9-17(8-13(12)14)15(18)11-2-5-16-6-3-11/h2-3,5-6,12-14H,4,7-10H2,1H3/t12-,13-,14-/m1/s1. The van der Waals surface area contributed by atoms with E-state index >= 15 is 0 Å². The summed E-state index contributed by atoms with van der Waals surface area (Å²) >= 11 is 0. The summed E-state index contributed by atoms with van der Waals surface area (Å²) in [5, 5.41) is 0. The average molecular weight is 276 g/mol. The first-order chi connectivity index (χ1) is 9.79. The van der Waals surface area contributed by atoms with E-state index in [0.29, 0.717) is 23.9 Å². The van der Waals surface area contributed by atoms with Gasteiger partial charge >= 0.3 is 0 Å². The lowest BCUT2D eigenvalue weighted by Crippen LogP contribution is -2.31. The lowest BCUT2D eigenvalue weighted by Gasteiger charge is -2.19. The number of aromatic nitrogens is 1. The summed E-state index contributed by atoms with van der Waals surface area (Å²) in [6, 6.07) is 3.53. The molecule has 0 unspecified atom stereocenters. The van der Waals surface area contributed by atoms with Gasteiger partial charge in [-0.05, 0) is 24.5 Å². The van der Waals surface area contributed by atoms with Crippen LogP contribution in [-0.4, -0.2) is 55.3 Å². The third kappa shape index (κ3) is 2.55. The van der Waals surface area contributed by atoms with Crippen molar-refractivity contribution in [2.45, 2.75) is 12.5 Å². The number of carbonyl (C=O) groups excluding carboxylic acids is 1.